The van der Waals surface area contributed by atoms with Gasteiger partial charge in [-0.3, -0.25) is 0 Å². The molecule has 2 aromatic rings. The number of carbonyl (C=O) groups is 1. The minimum absolute atomic E-state index is 0.00652. The summed E-state index contributed by atoms with van der Waals surface area (Å²) < 4.78 is 6.21. The third-order valence-corrected chi connectivity index (χ3v) is 3.18. The van der Waals surface area contributed by atoms with Gasteiger partial charge < -0.3 is 9.84 Å². The van der Waals surface area contributed by atoms with Crippen LogP contribution in [0.15, 0.2) is 40.9 Å². The van der Waals surface area contributed by atoms with E-state index in [1.54, 1.807) is 12.1 Å². The topological polar surface area (TPSA) is 70.3 Å². The van der Waals surface area contributed by atoms with E-state index in [2.05, 4.69) is 15.9 Å². The number of hydrogen-bond acceptors (Lipinski definition) is 3. The maximum Gasteiger partial charge on any atom is 0.339 e. The Hall–Kier alpha value is -2.03. The number of rotatable bonds is 3. The van der Waals surface area contributed by atoms with Crippen molar-refractivity contribution >= 4 is 33.5 Å². The Bertz CT molecular complexity index is 725. The molecule has 0 saturated heterocycles. The second-order valence-corrected chi connectivity index (χ2v) is 5.15. The average Bonchev–Trinajstić information content (AvgIpc) is 2.40. The molecule has 0 atom stereocenters. The minimum atomic E-state index is -1.11. The molecule has 6 heteroatoms. The van der Waals surface area contributed by atoms with Gasteiger partial charge in [-0.1, -0.05) is 27.5 Å². The van der Waals surface area contributed by atoms with Crippen molar-refractivity contribution in [2.24, 2.45) is 0 Å². The van der Waals surface area contributed by atoms with Gasteiger partial charge >= 0.3 is 5.97 Å². The molecule has 0 spiro atoms. The van der Waals surface area contributed by atoms with Gasteiger partial charge in [0.25, 0.3) is 0 Å². The van der Waals surface area contributed by atoms with E-state index in [9.17, 15) is 4.79 Å². The maximum atomic E-state index is 11.2. The molecule has 2 rings (SSSR count). The highest BCUT2D eigenvalue weighted by Gasteiger charge is 2.14. The van der Waals surface area contributed by atoms with Gasteiger partial charge in [-0.25, -0.2) is 4.79 Å². The maximum absolute atomic E-state index is 11.2. The molecular formula is C14H7BrClNO3. The molecule has 4 nitrogen and oxygen atoms in total. The normalized spacial score (nSPS) is 9.85. The summed E-state index contributed by atoms with van der Waals surface area (Å²) in [5.74, 6) is -0.719. The third-order valence-electron chi connectivity index (χ3n) is 2.46. The SMILES string of the molecule is N#Cc1cc(Cl)ccc1Oc1cc(Br)ccc1C(=O)O. The van der Waals surface area contributed by atoms with Crippen molar-refractivity contribution in [2.45, 2.75) is 0 Å². The zero-order chi connectivity index (χ0) is 14.7. The monoisotopic (exact) mass is 351 g/mol. The lowest BCUT2D eigenvalue weighted by Gasteiger charge is -2.10. The molecule has 0 aromatic heterocycles. The van der Waals surface area contributed by atoms with Gasteiger partial charge in [0.05, 0.1) is 5.56 Å². The summed E-state index contributed by atoms with van der Waals surface area (Å²) in [6, 6.07) is 11.0. The smallest absolute Gasteiger partial charge is 0.339 e. The van der Waals surface area contributed by atoms with E-state index in [0.717, 1.165) is 0 Å². The molecule has 0 bridgehead atoms. The molecule has 0 radical (unpaired) electrons. The Balaban J connectivity index is 2.47. The van der Waals surface area contributed by atoms with Crippen molar-refractivity contribution in [1.82, 2.24) is 0 Å². The van der Waals surface area contributed by atoms with Crippen LogP contribution < -0.4 is 4.74 Å². The lowest BCUT2D eigenvalue weighted by molar-refractivity contribution is 0.0694. The summed E-state index contributed by atoms with van der Waals surface area (Å²) in [4.78, 5) is 11.2. The second kappa shape index (κ2) is 5.95. The molecule has 2 aromatic carbocycles. The van der Waals surface area contributed by atoms with Gasteiger partial charge in [0.15, 0.2) is 0 Å². The van der Waals surface area contributed by atoms with E-state index in [-0.39, 0.29) is 22.6 Å². The van der Waals surface area contributed by atoms with Gasteiger partial charge in [-0.05, 0) is 36.4 Å². The molecule has 1 N–H and O–H groups in total. The molecule has 100 valence electrons. The highest BCUT2D eigenvalue weighted by molar-refractivity contribution is 9.10. The number of halogens is 2. The van der Waals surface area contributed by atoms with Crippen LogP contribution in [0.4, 0.5) is 0 Å². The number of carboxylic acids is 1. The molecule has 0 amide bonds. The molecule has 0 heterocycles. The van der Waals surface area contributed by atoms with Crippen LogP contribution in [0.1, 0.15) is 15.9 Å². The quantitative estimate of drug-likeness (QED) is 0.885. The van der Waals surface area contributed by atoms with Crippen LogP contribution in [-0.4, -0.2) is 11.1 Å². The van der Waals surface area contributed by atoms with Crippen LogP contribution in [0.25, 0.3) is 0 Å². The number of carboxylic acid groups (broad SMARTS) is 1. The summed E-state index contributed by atoms with van der Waals surface area (Å²) in [5, 5.41) is 18.6. The van der Waals surface area contributed by atoms with Gasteiger partial charge in [0.1, 0.15) is 23.1 Å². The van der Waals surface area contributed by atoms with Crippen LogP contribution in [0.5, 0.6) is 11.5 Å². The summed E-state index contributed by atoms with van der Waals surface area (Å²) in [7, 11) is 0. The average molecular weight is 353 g/mol. The highest BCUT2D eigenvalue weighted by Crippen LogP contribution is 2.31. The highest BCUT2D eigenvalue weighted by atomic mass is 79.9. The fourth-order valence-corrected chi connectivity index (χ4v) is 2.07. The van der Waals surface area contributed by atoms with Gasteiger partial charge in [-0.2, -0.15) is 5.26 Å². The van der Waals surface area contributed by atoms with E-state index in [0.29, 0.717) is 9.50 Å². The van der Waals surface area contributed by atoms with E-state index in [4.69, 9.17) is 26.7 Å². The Kier molecular flexibility index (Phi) is 4.28. The molecular weight excluding hydrogens is 346 g/mol. The second-order valence-electron chi connectivity index (χ2n) is 3.80. The lowest BCUT2D eigenvalue weighted by atomic mass is 10.2. The summed E-state index contributed by atoms with van der Waals surface area (Å²) in [6.07, 6.45) is 0. The molecule has 20 heavy (non-hydrogen) atoms. The van der Waals surface area contributed by atoms with Crippen LogP contribution in [0, 0.1) is 11.3 Å². The van der Waals surface area contributed by atoms with Gasteiger partial charge in [0, 0.05) is 9.50 Å². The number of benzene rings is 2. The standard InChI is InChI=1S/C14H7BrClNO3/c15-9-1-3-11(14(18)19)13(6-9)20-12-4-2-10(16)5-8(12)7-17/h1-6H,(H,18,19). The van der Waals surface area contributed by atoms with Crippen molar-refractivity contribution in [1.29, 1.82) is 5.26 Å². The number of nitrogens with zero attached hydrogens (tertiary/aromatic N) is 1. The van der Waals surface area contributed by atoms with Crippen LogP contribution in [-0.2, 0) is 0 Å². The predicted octanol–water partition coefficient (Wildman–Crippen LogP) is 4.46. The van der Waals surface area contributed by atoms with Crippen molar-refractivity contribution < 1.29 is 14.6 Å². The molecule has 0 aliphatic rings. The van der Waals surface area contributed by atoms with Crippen molar-refractivity contribution in [3.8, 4) is 17.6 Å². The first-order valence-corrected chi connectivity index (χ1v) is 6.58. The largest absolute Gasteiger partial charge is 0.478 e. The minimum Gasteiger partial charge on any atom is -0.478 e. The lowest BCUT2D eigenvalue weighted by Crippen LogP contribution is -2.00. The summed E-state index contributed by atoms with van der Waals surface area (Å²) >= 11 is 9.04. The van der Waals surface area contributed by atoms with Crippen LogP contribution in [0.2, 0.25) is 5.02 Å². The van der Waals surface area contributed by atoms with E-state index in [1.807, 2.05) is 6.07 Å². The molecule has 0 saturated carbocycles. The molecule has 0 fully saturated rings. The van der Waals surface area contributed by atoms with Crippen molar-refractivity contribution in [3.05, 3.63) is 57.0 Å². The fraction of sp³-hybridized carbons (Fsp3) is 0. The summed E-state index contributed by atoms with van der Waals surface area (Å²) in [5.41, 5.74) is 0.237. The molecule has 0 unspecified atom stereocenters. The van der Waals surface area contributed by atoms with E-state index >= 15 is 0 Å². The first kappa shape index (κ1) is 14.4. The Labute approximate surface area is 128 Å². The predicted molar refractivity (Wildman–Crippen MR) is 77.3 cm³/mol. The summed E-state index contributed by atoms with van der Waals surface area (Å²) in [6.45, 7) is 0. The first-order valence-electron chi connectivity index (χ1n) is 5.41. The van der Waals surface area contributed by atoms with Crippen molar-refractivity contribution in [2.75, 3.05) is 0 Å². The fourth-order valence-electron chi connectivity index (χ4n) is 1.55. The Morgan fingerprint density at radius 1 is 1.25 bits per heavy atom. The van der Waals surface area contributed by atoms with Crippen LogP contribution in [0.3, 0.4) is 0 Å². The van der Waals surface area contributed by atoms with Crippen molar-refractivity contribution in [3.63, 3.8) is 0 Å². The van der Waals surface area contributed by atoms with E-state index in [1.165, 1.54) is 24.3 Å². The first-order chi connectivity index (χ1) is 9.51. The molecule has 0 aliphatic carbocycles. The number of ether oxygens (including phenoxy) is 1. The van der Waals surface area contributed by atoms with Gasteiger partial charge in [-0.15, -0.1) is 0 Å². The van der Waals surface area contributed by atoms with Crippen LogP contribution >= 0.6 is 27.5 Å². The number of nitriles is 1. The Morgan fingerprint density at radius 3 is 2.65 bits per heavy atom. The number of aromatic carboxylic acids is 1. The van der Waals surface area contributed by atoms with Gasteiger partial charge in [0.2, 0.25) is 0 Å². The third kappa shape index (κ3) is 3.10. The molecule has 0 aliphatic heterocycles. The Morgan fingerprint density at radius 2 is 2.00 bits per heavy atom. The zero-order valence-electron chi connectivity index (χ0n) is 9.93. The number of hydrogen-bond donors (Lipinski definition) is 1. The van der Waals surface area contributed by atoms with E-state index < -0.39 is 5.97 Å². The zero-order valence-corrected chi connectivity index (χ0v) is 12.3.